The van der Waals surface area contributed by atoms with Crippen LogP contribution in [0.5, 0.6) is 0 Å². The average Bonchev–Trinajstić information content (AvgIpc) is 3.35. The molecule has 6 nitrogen and oxygen atoms in total. The van der Waals surface area contributed by atoms with E-state index in [0.29, 0.717) is 21.1 Å². The number of hydrogen-bond acceptors (Lipinski definition) is 7. The van der Waals surface area contributed by atoms with E-state index in [9.17, 15) is 9.59 Å². The van der Waals surface area contributed by atoms with Gasteiger partial charge in [-0.25, -0.2) is 9.78 Å². The maximum Gasteiger partial charge on any atom is 0.341 e. The number of benzene rings is 1. The lowest BCUT2D eigenvalue weighted by Gasteiger charge is -2.08. The molecule has 32 heavy (non-hydrogen) atoms. The molecular formula is C24H23N3O3S2. The molecule has 0 bridgehead atoms. The van der Waals surface area contributed by atoms with Crippen LogP contribution >= 0.6 is 22.7 Å². The molecule has 3 heterocycles. The Kier molecular flexibility index (Phi) is 6.25. The zero-order valence-corrected chi connectivity index (χ0v) is 19.6. The first-order valence-corrected chi connectivity index (χ1v) is 11.9. The van der Waals surface area contributed by atoms with Crippen LogP contribution in [-0.4, -0.2) is 23.5 Å². The van der Waals surface area contributed by atoms with Gasteiger partial charge in [0.15, 0.2) is 0 Å². The van der Waals surface area contributed by atoms with Crippen molar-refractivity contribution in [2.75, 3.05) is 17.7 Å². The molecule has 4 rings (SSSR count). The number of fused-ring (bicyclic) bond motifs is 1. The number of amides is 1. The number of nitrogens with zero attached hydrogens (tertiary/aromatic N) is 1. The van der Waals surface area contributed by atoms with Crippen LogP contribution in [0.3, 0.4) is 0 Å². The minimum atomic E-state index is -0.476. The molecule has 3 N–H and O–H groups in total. The molecule has 0 atom stereocenters. The van der Waals surface area contributed by atoms with Gasteiger partial charge in [-0.15, -0.1) is 22.7 Å². The largest absolute Gasteiger partial charge is 0.462 e. The van der Waals surface area contributed by atoms with Gasteiger partial charge in [-0.2, -0.15) is 0 Å². The molecule has 8 heteroatoms. The van der Waals surface area contributed by atoms with Crippen molar-refractivity contribution < 1.29 is 14.3 Å². The van der Waals surface area contributed by atoms with Crippen LogP contribution in [-0.2, 0) is 4.74 Å². The summed E-state index contributed by atoms with van der Waals surface area (Å²) in [5, 5.41) is 5.91. The lowest BCUT2D eigenvalue weighted by atomic mass is 10.0. The van der Waals surface area contributed by atoms with Gasteiger partial charge >= 0.3 is 5.97 Å². The van der Waals surface area contributed by atoms with E-state index in [1.807, 2.05) is 47.8 Å². The number of hydrogen-bond donors (Lipinski definition) is 2. The number of thiophene rings is 2. The number of nitrogens with one attached hydrogen (secondary N) is 1. The van der Waals surface area contributed by atoms with Gasteiger partial charge in [0.25, 0.3) is 5.91 Å². The second-order valence-electron chi connectivity index (χ2n) is 7.48. The summed E-state index contributed by atoms with van der Waals surface area (Å²) in [6, 6.07) is 13.4. The van der Waals surface area contributed by atoms with E-state index >= 15 is 0 Å². The molecule has 0 fully saturated rings. The molecule has 0 aliphatic carbocycles. The molecule has 4 aromatic rings. The van der Waals surface area contributed by atoms with Gasteiger partial charge in [0.1, 0.15) is 20.3 Å². The Labute approximate surface area is 194 Å². The quantitative estimate of drug-likeness (QED) is 0.333. The summed E-state index contributed by atoms with van der Waals surface area (Å²) in [4.78, 5) is 31.6. The van der Waals surface area contributed by atoms with Crippen molar-refractivity contribution in [3.05, 3.63) is 64.0 Å². The van der Waals surface area contributed by atoms with Gasteiger partial charge in [0.2, 0.25) is 0 Å². The van der Waals surface area contributed by atoms with Crippen LogP contribution in [0.1, 0.15) is 52.4 Å². The highest BCUT2D eigenvalue weighted by Gasteiger charge is 2.25. The minimum Gasteiger partial charge on any atom is -0.462 e. The Morgan fingerprint density at radius 1 is 1.16 bits per heavy atom. The Morgan fingerprint density at radius 2 is 1.91 bits per heavy atom. The highest BCUT2D eigenvalue weighted by molar-refractivity contribution is 7.21. The van der Waals surface area contributed by atoms with Gasteiger partial charge in [0, 0.05) is 22.0 Å². The van der Waals surface area contributed by atoms with Crippen molar-refractivity contribution in [1.29, 1.82) is 0 Å². The number of nitrogens with two attached hydrogens (primary N) is 1. The van der Waals surface area contributed by atoms with Crippen molar-refractivity contribution in [3.63, 3.8) is 0 Å². The van der Waals surface area contributed by atoms with Crippen LogP contribution in [0.15, 0.2) is 47.8 Å². The van der Waals surface area contributed by atoms with Crippen LogP contribution in [0.25, 0.3) is 21.3 Å². The molecular weight excluding hydrogens is 442 g/mol. The van der Waals surface area contributed by atoms with Gasteiger partial charge in [0.05, 0.1) is 12.3 Å². The fourth-order valence-corrected chi connectivity index (χ4v) is 5.30. The molecule has 0 saturated carbocycles. The number of carbonyl (C=O) groups is 2. The highest BCUT2D eigenvalue weighted by atomic mass is 32.1. The van der Waals surface area contributed by atoms with E-state index in [0.717, 1.165) is 27.0 Å². The number of anilines is 2. The summed E-state index contributed by atoms with van der Waals surface area (Å²) in [6.07, 6.45) is 0. The zero-order valence-electron chi connectivity index (χ0n) is 18.0. The monoisotopic (exact) mass is 465 g/mol. The Bertz CT molecular complexity index is 1290. The van der Waals surface area contributed by atoms with E-state index in [2.05, 4.69) is 24.1 Å². The maximum atomic E-state index is 13.1. The third kappa shape index (κ3) is 4.11. The molecule has 0 aliphatic heterocycles. The van der Waals surface area contributed by atoms with Crippen molar-refractivity contribution in [1.82, 2.24) is 4.98 Å². The molecule has 0 spiro atoms. The van der Waals surface area contributed by atoms with Crippen molar-refractivity contribution in [3.8, 4) is 11.1 Å². The van der Waals surface area contributed by atoms with Crippen molar-refractivity contribution in [2.45, 2.75) is 26.7 Å². The normalized spacial score (nSPS) is 11.1. The van der Waals surface area contributed by atoms with Crippen LogP contribution < -0.4 is 11.1 Å². The molecule has 0 aliphatic rings. The Balaban J connectivity index is 1.71. The average molecular weight is 466 g/mol. The van der Waals surface area contributed by atoms with Crippen molar-refractivity contribution in [2.24, 2.45) is 0 Å². The number of ether oxygens (including phenoxy) is 1. The summed E-state index contributed by atoms with van der Waals surface area (Å²) in [7, 11) is 0. The van der Waals surface area contributed by atoms with Gasteiger partial charge in [-0.05, 0) is 30.5 Å². The molecule has 0 saturated heterocycles. The third-order valence-corrected chi connectivity index (χ3v) is 7.00. The highest BCUT2D eigenvalue weighted by Crippen LogP contribution is 2.38. The molecule has 164 valence electrons. The van der Waals surface area contributed by atoms with E-state index in [1.54, 1.807) is 6.92 Å². The number of esters is 1. The molecule has 0 radical (unpaired) electrons. The van der Waals surface area contributed by atoms with E-state index in [4.69, 9.17) is 10.5 Å². The Morgan fingerprint density at radius 3 is 2.59 bits per heavy atom. The smallest absolute Gasteiger partial charge is 0.341 e. The van der Waals surface area contributed by atoms with E-state index < -0.39 is 5.97 Å². The predicted octanol–water partition coefficient (Wildman–Crippen LogP) is 6.16. The number of carbonyl (C=O) groups excluding carboxylic acids is 2. The minimum absolute atomic E-state index is 0.239. The molecule has 1 amide bonds. The third-order valence-electron chi connectivity index (χ3n) is 5.00. The summed E-state index contributed by atoms with van der Waals surface area (Å²) >= 11 is 2.53. The fraction of sp³-hybridized carbons (Fsp3) is 0.208. The zero-order chi connectivity index (χ0) is 22.8. The van der Waals surface area contributed by atoms with Gasteiger partial charge in [-0.3, -0.25) is 4.79 Å². The summed E-state index contributed by atoms with van der Waals surface area (Å²) < 4.78 is 5.27. The molecule has 3 aromatic heterocycles. The first-order valence-electron chi connectivity index (χ1n) is 10.2. The van der Waals surface area contributed by atoms with Crippen LogP contribution in [0, 0.1) is 0 Å². The second-order valence-corrected chi connectivity index (χ2v) is 9.36. The Hall–Kier alpha value is -3.23. The lowest BCUT2D eigenvalue weighted by Crippen LogP contribution is -2.14. The predicted molar refractivity (Wildman–Crippen MR) is 132 cm³/mol. The molecule has 1 aromatic carbocycles. The maximum absolute atomic E-state index is 13.1. The lowest BCUT2D eigenvalue weighted by molar-refractivity contribution is 0.0529. The first-order chi connectivity index (χ1) is 15.4. The van der Waals surface area contributed by atoms with Crippen LogP contribution in [0.2, 0.25) is 0 Å². The van der Waals surface area contributed by atoms with Crippen molar-refractivity contribution >= 4 is 55.5 Å². The fourth-order valence-electron chi connectivity index (χ4n) is 3.35. The standard InChI is InChI=1S/C24H23N3O3S2/c1-4-30-24(29)18-16(14-8-6-5-7-9-14)12-31-23(18)27-21(28)20-19(25)15-10-11-17(13(2)3)26-22(15)32-20/h5-13H,4,25H2,1-3H3,(H,27,28). The van der Waals surface area contributed by atoms with E-state index in [1.165, 1.54) is 22.7 Å². The number of pyridine rings is 1. The van der Waals surface area contributed by atoms with E-state index in [-0.39, 0.29) is 18.4 Å². The molecule has 0 unspecified atom stereocenters. The number of rotatable bonds is 6. The summed E-state index contributed by atoms with van der Waals surface area (Å²) in [5.74, 6) is -0.575. The second kappa shape index (κ2) is 9.10. The number of aromatic nitrogens is 1. The van der Waals surface area contributed by atoms with Crippen LogP contribution in [0.4, 0.5) is 10.7 Å². The SMILES string of the molecule is CCOC(=O)c1c(-c2ccccc2)csc1NC(=O)c1sc2nc(C(C)C)ccc2c1N. The number of nitrogen functional groups attached to an aromatic ring is 1. The van der Waals surface area contributed by atoms with Gasteiger partial charge in [-0.1, -0.05) is 44.2 Å². The summed E-state index contributed by atoms with van der Waals surface area (Å²) in [5.41, 5.74) is 9.56. The topological polar surface area (TPSA) is 94.3 Å². The first kappa shape index (κ1) is 22.0. The summed E-state index contributed by atoms with van der Waals surface area (Å²) in [6.45, 7) is 6.12. The van der Waals surface area contributed by atoms with Gasteiger partial charge < -0.3 is 15.8 Å².